The summed E-state index contributed by atoms with van der Waals surface area (Å²) in [6.07, 6.45) is 8.36. The van der Waals surface area contributed by atoms with E-state index in [4.69, 9.17) is 0 Å². The Kier molecular flexibility index (Phi) is 15.7. The molecule has 0 spiro atoms. The van der Waals surface area contributed by atoms with Crippen LogP contribution in [-0.2, 0) is 41.3 Å². The van der Waals surface area contributed by atoms with Crippen LogP contribution in [0, 0.1) is 24.2 Å². The molecule has 5 nitrogen and oxygen atoms in total. The van der Waals surface area contributed by atoms with Crippen molar-refractivity contribution >= 4 is 22.9 Å². The molecule has 206 valence electrons. The van der Waals surface area contributed by atoms with Gasteiger partial charge in [0, 0.05) is 41.1 Å². The SMILES string of the molecule is CCc1[nH]c(NC)c(C#N)c1CCC(C)CC.CCc1cccc(C)c1.CS(=O)c1ccc(CC=O)cc1. The highest BCUT2D eigenvalue weighted by atomic mass is 32.2. The van der Waals surface area contributed by atoms with E-state index in [1.807, 2.05) is 19.2 Å². The molecule has 2 N–H and O–H groups in total. The standard InChI is InChI=1S/C14H23N3.C9H10O2S.C9H12/c1-5-10(3)7-8-11-12(9-15)14(16-4)17-13(11)6-2;1-12(11)9-4-2-8(3-5-9)6-7-10;1-3-9-6-4-5-8(2)7-9/h10,16-17H,5-8H2,1-4H3;2-5,7H,6H2,1H3;4-7H,3H2,1-2H3. The van der Waals surface area contributed by atoms with Gasteiger partial charge in [0.15, 0.2) is 0 Å². The fourth-order valence-corrected chi connectivity index (χ4v) is 4.44. The van der Waals surface area contributed by atoms with E-state index in [0.717, 1.165) is 59.7 Å². The number of carbonyl (C=O) groups is 1. The predicted octanol–water partition coefficient (Wildman–Crippen LogP) is 7.19. The van der Waals surface area contributed by atoms with Gasteiger partial charge in [0.1, 0.15) is 18.2 Å². The van der Waals surface area contributed by atoms with Gasteiger partial charge < -0.3 is 15.1 Å². The quantitative estimate of drug-likeness (QED) is 0.269. The number of aryl methyl sites for hydroxylation is 3. The van der Waals surface area contributed by atoms with E-state index in [0.29, 0.717) is 6.42 Å². The van der Waals surface area contributed by atoms with Crippen LogP contribution in [0.25, 0.3) is 0 Å². The van der Waals surface area contributed by atoms with Gasteiger partial charge in [0.25, 0.3) is 0 Å². The maximum atomic E-state index is 11.0. The van der Waals surface area contributed by atoms with Crippen LogP contribution in [0.15, 0.2) is 53.4 Å². The lowest BCUT2D eigenvalue weighted by molar-refractivity contribution is -0.107. The molecular weight excluding hydrogens is 490 g/mol. The number of aromatic nitrogens is 1. The molecule has 2 aromatic carbocycles. The number of H-pyrrole nitrogens is 1. The molecule has 0 amide bonds. The second-order valence-electron chi connectivity index (χ2n) is 9.41. The summed E-state index contributed by atoms with van der Waals surface area (Å²) in [5, 5.41) is 12.3. The van der Waals surface area contributed by atoms with Crippen LogP contribution in [0.1, 0.15) is 74.0 Å². The zero-order chi connectivity index (χ0) is 28.5. The highest BCUT2D eigenvalue weighted by molar-refractivity contribution is 7.84. The number of nitrogens with zero attached hydrogens (tertiary/aromatic N) is 1. The lowest BCUT2D eigenvalue weighted by atomic mass is 9.96. The first-order valence-electron chi connectivity index (χ1n) is 13.5. The van der Waals surface area contributed by atoms with Crippen LogP contribution in [0.4, 0.5) is 5.82 Å². The Hall–Kier alpha value is -3.17. The number of carbonyl (C=O) groups excluding carboxylic acids is 1. The number of rotatable bonds is 10. The molecule has 2 unspecified atom stereocenters. The van der Waals surface area contributed by atoms with Crippen molar-refractivity contribution in [3.8, 4) is 6.07 Å². The number of nitrogens with one attached hydrogen (secondary N) is 2. The van der Waals surface area contributed by atoms with Gasteiger partial charge in [-0.05, 0) is 67.3 Å². The lowest BCUT2D eigenvalue weighted by Gasteiger charge is -2.08. The number of hydrogen-bond donors (Lipinski definition) is 2. The van der Waals surface area contributed by atoms with Gasteiger partial charge in [-0.1, -0.05) is 76.1 Å². The highest BCUT2D eigenvalue weighted by Gasteiger charge is 2.16. The second-order valence-corrected chi connectivity index (χ2v) is 10.8. The van der Waals surface area contributed by atoms with Crippen LogP contribution in [0.5, 0.6) is 0 Å². The Morgan fingerprint density at radius 3 is 2.21 bits per heavy atom. The van der Waals surface area contributed by atoms with Crippen molar-refractivity contribution in [1.29, 1.82) is 5.26 Å². The van der Waals surface area contributed by atoms with Crippen molar-refractivity contribution in [2.75, 3.05) is 18.6 Å². The predicted molar refractivity (Wildman–Crippen MR) is 161 cm³/mol. The number of aromatic amines is 1. The van der Waals surface area contributed by atoms with Gasteiger partial charge in [-0.3, -0.25) is 4.21 Å². The Labute approximate surface area is 232 Å². The number of anilines is 1. The van der Waals surface area contributed by atoms with E-state index in [1.165, 1.54) is 28.8 Å². The average Bonchev–Trinajstić information content (AvgIpc) is 3.29. The summed E-state index contributed by atoms with van der Waals surface area (Å²) in [5.41, 5.74) is 6.95. The molecule has 1 heterocycles. The van der Waals surface area contributed by atoms with E-state index >= 15 is 0 Å². The van der Waals surface area contributed by atoms with Crippen molar-refractivity contribution in [2.24, 2.45) is 5.92 Å². The van der Waals surface area contributed by atoms with E-state index in [9.17, 15) is 14.3 Å². The zero-order valence-electron chi connectivity index (χ0n) is 24.2. The molecule has 0 saturated carbocycles. The van der Waals surface area contributed by atoms with Crippen molar-refractivity contribution in [1.82, 2.24) is 4.98 Å². The Balaban J connectivity index is 0.000000300. The first-order chi connectivity index (χ1) is 18.2. The Morgan fingerprint density at radius 2 is 1.76 bits per heavy atom. The topological polar surface area (TPSA) is 85.8 Å². The molecule has 38 heavy (non-hydrogen) atoms. The molecule has 0 aliphatic carbocycles. The maximum absolute atomic E-state index is 11.0. The third kappa shape index (κ3) is 11.1. The summed E-state index contributed by atoms with van der Waals surface area (Å²) in [6, 6.07) is 18.2. The van der Waals surface area contributed by atoms with E-state index < -0.39 is 10.8 Å². The summed E-state index contributed by atoms with van der Waals surface area (Å²) in [7, 11) is 0.922. The highest BCUT2D eigenvalue weighted by Crippen LogP contribution is 2.26. The molecule has 1 aromatic heterocycles. The molecule has 0 aliphatic rings. The first kappa shape index (κ1) is 32.9. The van der Waals surface area contributed by atoms with Gasteiger partial charge in [0.2, 0.25) is 0 Å². The molecule has 0 radical (unpaired) electrons. The molecule has 3 rings (SSSR count). The van der Waals surface area contributed by atoms with Crippen LogP contribution >= 0.6 is 0 Å². The van der Waals surface area contributed by atoms with Gasteiger partial charge in [-0.25, -0.2) is 0 Å². The smallest absolute Gasteiger partial charge is 0.124 e. The van der Waals surface area contributed by atoms with Crippen molar-refractivity contribution in [3.63, 3.8) is 0 Å². The lowest BCUT2D eigenvalue weighted by Crippen LogP contribution is -1.99. The van der Waals surface area contributed by atoms with Gasteiger partial charge >= 0.3 is 0 Å². The third-order valence-corrected chi connectivity index (χ3v) is 7.49. The minimum atomic E-state index is -0.929. The maximum Gasteiger partial charge on any atom is 0.124 e. The first-order valence-corrected chi connectivity index (χ1v) is 15.0. The normalized spacial score (nSPS) is 11.6. The molecular formula is C32H45N3O2S. The molecule has 6 heteroatoms. The number of nitriles is 1. The van der Waals surface area contributed by atoms with E-state index in [2.05, 4.69) is 75.3 Å². The molecule has 3 aromatic rings. The van der Waals surface area contributed by atoms with E-state index in [1.54, 1.807) is 18.4 Å². The number of benzene rings is 2. The number of aldehydes is 1. The molecule has 0 bridgehead atoms. The summed E-state index contributed by atoms with van der Waals surface area (Å²) in [4.78, 5) is 14.2. The van der Waals surface area contributed by atoms with Gasteiger partial charge in [0.05, 0.1) is 5.56 Å². The fraction of sp³-hybridized carbons (Fsp3) is 0.438. The second kappa shape index (κ2) is 18.1. The summed E-state index contributed by atoms with van der Waals surface area (Å²) in [5.74, 6) is 1.59. The average molecular weight is 536 g/mol. The fourth-order valence-electron chi connectivity index (χ4n) is 3.92. The van der Waals surface area contributed by atoms with Crippen LogP contribution in [-0.4, -0.2) is 28.8 Å². The molecule has 0 saturated heterocycles. The molecule has 0 fully saturated rings. The summed E-state index contributed by atoms with van der Waals surface area (Å²) < 4.78 is 11.0. The summed E-state index contributed by atoms with van der Waals surface area (Å²) in [6.45, 7) is 10.9. The summed E-state index contributed by atoms with van der Waals surface area (Å²) >= 11 is 0. The van der Waals surface area contributed by atoms with Crippen molar-refractivity contribution < 1.29 is 9.00 Å². The van der Waals surface area contributed by atoms with Crippen LogP contribution in [0.2, 0.25) is 0 Å². The van der Waals surface area contributed by atoms with Gasteiger partial charge in [-0.15, -0.1) is 0 Å². The molecule has 0 aliphatic heterocycles. The van der Waals surface area contributed by atoms with Crippen molar-refractivity contribution in [2.45, 2.75) is 78.0 Å². The van der Waals surface area contributed by atoms with Gasteiger partial charge in [-0.2, -0.15) is 5.26 Å². The minimum Gasteiger partial charge on any atom is -0.374 e. The third-order valence-electron chi connectivity index (χ3n) is 6.56. The Morgan fingerprint density at radius 1 is 1.08 bits per heavy atom. The van der Waals surface area contributed by atoms with E-state index in [-0.39, 0.29) is 0 Å². The Bertz CT molecular complexity index is 1180. The van der Waals surface area contributed by atoms with Crippen molar-refractivity contribution in [3.05, 3.63) is 82.0 Å². The largest absolute Gasteiger partial charge is 0.374 e. The zero-order valence-corrected chi connectivity index (χ0v) is 25.0. The monoisotopic (exact) mass is 535 g/mol. The number of hydrogen-bond acceptors (Lipinski definition) is 4. The molecule has 2 atom stereocenters. The van der Waals surface area contributed by atoms with Crippen LogP contribution in [0.3, 0.4) is 0 Å². The minimum absolute atomic E-state index is 0.427. The van der Waals surface area contributed by atoms with Crippen LogP contribution < -0.4 is 5.32 Å².